The number of alkyl halides is 1. The number of fused-ring (bicyclic) bond motifs is 1. The molecule has 0 spiro atoms. The van der Waals surface area contributed by atoms with Gasteiger partial charge in [0.15, 0.2) is 0 Å². The highest BCUT2D eigenvalue weighted by Crippen LogP contribution is 2.40. The molecule has 1 unspecified atom stereocenters. The molecule has 0 aromatic heterocycles. The predicted octanol–water partition coefficient (Wildman–Crippen LogP) is 2.38. The molecule has 0 amide bonds. The van der Waals surface area contributed by atoms with Crippen molar-refractivity contribution in [2.24, 2.45) is 0 Å². The molecule has 15 heavy (non-hydrogen) atoms. The lowest BCUT2D eigenvalue weighted by atomic mass is 9.94. The normalized spacial score (nSPS) is 37.2. The van der Waals surface area contributed by atoms with Crippen LogP contribution in [0, 0.1) is 0 Å². The van der Waals surface area contributed by atoms with Gasteiger partial charge in [-0.05, 0) is 40.2 Å². The number of halogens is 1. The maximum atomic E-state index is 13.4. The summed E-state index contributed by atoms with van der Waals surface area (Å²) in [5.74, 6) is 0. The molecule has 0 aromatic carbocycles. The third kappa shape index (κ3) is 2.34. The van der Waals surface area contributed by atoms with E-state index in [9.17, 15) is 4.39 Å². The van der Waals surface area contributed by atoms with Crippen LogP contribution in [-0.2, 0) is 4.74 Å². The van der Waals surface area contributed by atoms with Crippen LogP contribution in [0.5, 0.6) is 0 Å². The zero-order valence-electron chi connectivity index (χ0n) is 10.1. The minimum absolute atomic E-state index is 0.0205. The molecule has 3 heteroatoms. The summed E-state index contributed by atoms with van der Waals surface area (Å²) in [5, 5.41) is 0. The summed E-state index contributed by atoms with van der Waals surface area (Å²) in [4.78, 5) is 2.30. The highest BCUT2D eigenvalue weighted by molar-refractivity contribution is 5.03. The van der Waals surface area contributed by atoms with E-state index in [0.29, 0.717) is 19.6 Å². The fourth-order valence-electron chi connectivity index (χ4n) is 2.80. The minimum atomic E-state index is -0.645. The van der Waals surface area contributed by atoms with Crippen LogP contribution < -0.4 is 0 Å². The van der Waals surface area contributed by atoms with Crippen LogP contribution in [0.25, 0.3) is 0 Å². The summed E-state index contributed by atoms with van der Waals surface area (Å²) in [6.45, 7) is 8.54. The van der Waals surface area contributed by atoms with Gasteiger partial charge in [0.2, 0.25) is 0 Å². The van der Waals surface area contributed by atoms with E-state index in [4.69, 9.17) is 4.74 Å². The van der Waals surface area contributed by atoms with Crippen molar-refractivity contribution < 1.29 is 9.13 Å². The average molecular weight is 215 g/mol. The lowest BCUT2D eigenvalue weighted by Crippen LogP contribution is -2.44. The predicted molar refractivity (Wildman–Crippen MR) is 58.8 cm³/mol. The Balaban J connectivity index is 1.99. The zero-order chi connectivity index (χ0) is 11.1. The first-order valence-electron chi connectivity index (χ1n) is 5.94. The molecule has 2 heterocycles. The van der Waals surface area contributed by atoms with Crippen molar-refractivity contribution in [3.8, 4) is 0 Å². The summed E-state index contributed by atoms with van der Waals surface area (Å²) >= 11 is 0. The van der Waals surface area contributed by atoms with Crippen LogP contribution in [-0.4, -0.2) is 41.9 Å². The maximum absolute atomic E-state index is 13.4. The van der Waals surface area contributed by atoms with E-state index < -0.39 is 6.17 Å². The fourth-order valence-corrected chi connectivity index (χ4v) is 2.80. The average Bonchev–Trinajstić information content (AvgIpc) is 2.55. The Bertz CT molecular complexity index is 238. The van der Waals surface area contributed by atoms with Crippen LogP contribution in [0.1, 0.15) is 40.0 Å². The molecular weight excluding hydrogens is 193 g/mol. The molecule has 2 atom stereocenters. The van der Waals surface area contributed by atoms with E-state index in [2.05, 4.69) is 25.7 Å². The molecule has 0 aromatic rings. The van der Waals surface area contributed by atoms with Crippen molar-refractivity contribution in [2.45, 2.75) is 57.3 Å². The SMILES string of the molecule is CC(C)(C)OC[C@]12CCCN1CC(F)C2. The first-order chi connectivity index (χ1) is 6.91. The fraction of sp³-hybridized carbons (Fsp3) is 1.00. The van der Waals surface area contributed by atoms with Crippen molar-refractivity contribution >= 4 is 0 Å². The van der Waals surface area contributed by atoms with Gasteiger partial charge in [0.1, 0.15) is 6.17 Å². The third-order valence-corrected chi connectivity index (χ3v) is 3.53. The van der Waals surface area contributed by atoms with Gasteiger partial charge in [0, 0.05) is 18.5 Å². The zero-order valence-corrected chi connectivity index (χ0v) is 10.1. The van der Waals surface area contributed by atoms with Gasteiger partial charge in [-0.2, -0.15) is 0 Å². The molecule has 2 nitrogen and oxygen atoms in total. The van der Waals surface area contributed by atoms with Gasteiger partial charge < -0.3 is 4.74 Å². The number of rotatable bonds is 2. The molecule has 88 valence electrons. The number of hydrogen-bond donors (Lipinski definition) is 0. The van der Waals surface area contributed by atoms with Crippen molar-refractivity contribution in [3.63, 3.8) is 0 Å². The lowest BCUT2D eigenvalue weighted by molar-refractivity contribution is -0.0525. The summed E-state index contributed by atoms with van der Waals surface area (Å²) in [5.41, 5.74) is -0.0931. The smallest absolute Gasteiger partial charge is 0.115 e. The van der Waals surface area contributed by atoms with Gasteiger partial charge in [-0.1, -0.05) is 0 Å². The molecule has 0 aliphatic carbocycles. The Morgan fingerprint density at radius 1 is 1.47 bits per heavy atom. The van der Waals surface area contributed by atoms with Crippen LogP contribution in [0.15, 0.2) is 0 Å². The molecule has 2 aliphatic rings. The second kappa shape index (κ2) is 3.70. The number of nitrogens with zero attached hydrogens (tertiary/aromatic N) is 1. The van der Waals surface area contributed by atoms with Crippen molar-refractivity contribution in [1.82, 2.24) is 4.90 Å². The van der Waals surface area contributed by atoms with Crippen LogP contribution >= 0.6 is 0 Å². The quantitative estimate of drug-likeness (QED) is 0.701. The monoisotopic (exact) mass is 215 g/mol. The van der Waals surface area contributed by atoms with Gasteiger partial charge in [-0.3, -0.25) is 4.90 Å². The van der Waals surface area contributed by atoms with E-state index in [1.165, 1.54) is 6.42 Å². The first kappa shape index (κ1) is 11.3. The number of ether oxygens (including phenoxy) is 1. The highest BCUT2D eigenvalue weighted by Gasteiger charge is 2.49. The Morgan fingerprint density at radius 2 is 2.20 bits per heavy atom. The highest BCUT2D eigenvalue weighted by atomic mass is 19.1. The minimum Gasteiger partial charge on any atom is -0.374 e. The number of hydrogen-bond acceptors (Lipinski definition) is 2. The molecule has 0 N–H and O–H groups in total. The van der Waals surface area contributed by atoms with E-state index in [0.717, 1.165) is 13.0 Å². The summed E-state index contributed by atoms with van der Waals surface area (Å²) in [7, 11) is 0. The second-order valence-electron chi connectivity index (χ2n) is 5.98. The summed E-state index contributed by atoms with van der Waals surface area (Å²) in [6.07, 6.45) is 2.32. The largest absolute Gasteiger partial charge is 0.374 e. The summed E-state index contributed by atoms with van der Waals surface area (Å²) in [6, 6.07) is 0. The third-order valence-electron chi connectivity index (χ3n) is 3.53. The van der Waals surface area contributed by atoms with Crippen LogP contribution in [0.3, 0.4) is 0 Å². The van der Waals surface area contributed by atoms with Gasteiger partial charge >= 0.3 is 0 Å². The molecular formula is C12H22FNO. The Hall–Kier alpha value is -0.150. The Labute approximate surface area is 91.8 Å². The topological polar surface area (TPSA) is 12.5 Å². The van der Waals surface area contributed by atoms with Crippen molar-refractivity contribution in [3.05, 3.63) is 0 Å². The Morgan fingerprint density at radius 3 is 2.87 bits per heavy atom. The Kier molecular flexibility index (Phi) is 2.80. The maximum Gasteiger partial charge on any atom is 0.115 e. The van der Waals surface area contributed by atoms with Gasteiger partial charge in [0.25, 0.3) is 0 Å². The van der Waals surface area contributed by atoms with Crippen molar-refractivity contribution in [1.29, 1.82) is 0 Å². The van der Waals surface area contributed by atoms with E-state index >= 15 is 0 Å². The standard InChI is InChI=1S/C12H22FNO/c1-11(2,3)15-9-12-5-4-6-14(12)8-10(13)7-12/h10H,4-9H2,1-3H3/t10?,12-/m1/s1. The molecule has 0 saturated carbocycles. The molecule has 2 rings (SSSR count). The molecule has 2 aliphatic heterocycles. The first-order valence-corrected chi connectivity index (χ1v) is 5.94. The summed E-state index contributed by atoms with van der Waals surface area (Å²) < 4.78 is 19.3. The van der Waals surface area contributed by atoms with Crippen molar-refractivity contribution in [2.75, 3.05) is 19.7 Å². The van der Waals surface area contributed by atoms with Gasteiger partial charge in [0.05, 0.1) is 12.2 Å². The van der Waals surface area contributed by atoms with Crippen LogP contribution in [0.4, 0.5) is 4.39 Å². The van der Waals surface area contributed by atoms with Crippen LogP contribution in [0.2, 0.25) is 0 Å². The lowest BCUT2D eigenvalue weighted by Gasteiger charge is -2.34. The molecule has 0 radical (unpaired) electrons. The van der Waals surface area contributed by atoms with E-state index in [1.54, 1.807) is 0 Å². The second-order valence-corrected chi connectivity index (χ2v) is 5.98. The van der Waals surface area contributed by atoms with E-state index in [-0.39, 0.29) is 11.1 Å². The molecule has 0 bridgehead atoms. The molecule has 2 saturated heterocycles. The van der Waals surface area contributed by atoms with Gasteiger partial charge in [-0.25, -0.2) is 4.39 Å². The van der Waals surface area contributed by atoms with E-state index in [1.807, 2.05) is 0 Å². The molecule has 2 fully saturated rings. The van der Waals surface area contributed by atoms with Gasteiger partial charge in [-0.15, -0.1) is 0 Å².